The summed E-state index contributed by atoms with van der Waals surface area (Å²) in [6.45, 7) is 5.64. The van der Waals surface area contributed by atoms with Gasteiger partial charge in [-0.15, -0.1) is 0 Å². The van der Waals surface area contributed by atoms with Gasteiger partial charge in [-0.1, -0.05) is 32.9 Å². The average Bonchev–Trinajstić information content (AvgIpc) is 2.41. The fourth-order valence-corrected chi connectivity index (χ4v) is 1.44. The molecule has 0 atom stereocenters. The molecule has 0 saturated heterocycles. The zero-order chi connectivity index (χ0) is 15.2. The van der Waals surface area contributed by atoms with Crippen LogP contribution in [0, 0.1) is 16.7 Å². The first-order valence-corrected chi connectivity index (χ1v) is 6.37. The summed E-state index contributed by atoms with van der Waals surface area (Å²) in [6, 6.07) is 9.06. The third-order valence-electron chi connectivity index (χ3n) is 2.64. The molecule has 0 bridgehead atoms. The van der Waals surface area contributed by atoms with Gasteiger partial charge in [0.2, 0.25) is 11.8 Å². The smallest absolute Gasteiger partial charge is 0.239 e. The number of benzene rings is 1. The summed E-state index contributed by atoms with van der Waals surface area (Å²) < 4.78 is 0. The van der Waals surface area contributed by atoms with Crippen molar-refractivity contribution >= 4 is 11.8 Å². The van der Waals surface area contributed by atoms with Crippen molar-refractivity contribution in [1.82, 2.24) is 10.6 Å². The van der Waals surface area contributed by atoms with E-state index in [1.807, 2.05) is 12.1 Å². The van der Waals surface area contributed by atoms with Crippen LogP contribution in [0.15, 0.2) is 24.3 Å². The Morgan fingerprint density at radius 3 is 2.55 bits per heavy atom. The maximum Gasteiger partial charge on any atom is 0.239 e. The van der Waals surface area contributed by atoms with Crippen molar-refractivity contribution in [2.24, 2.45) is 5.41 Å². The monoisotopic (exact) mass is 273 g/mol. The van der Waals surface area contributed by atoms with Crippen molar-refractivity contribution in [1.29, 1.82) is 5.26 Å². The first-order valence-electron chi connectivity index (χ1n) is 6.37. The van der Waals surface area contributed by atoms with Crippen LogP contribution in [0.3, 0.4) is 0 Å². The lowest BCUT2D eigenvalue weighted by atomic mass is 9.96. The highest BCUT2D eigenvalue weighted by Crippen LogP contribution is 2.11. The minimum atomic E-state index is -0.512. The SMILES string of the molecule is CC(C)(C)C(=O)NCC(=O)NCc1cccc(C#N)c1. The summed E-state index contributed by atoms with van der Waals surface area (Å²) in [5.74, 6) is -0.427. The van der Waals surface area contributed by atoms with Gasteiger partial charge < -0.3 is 10.6 Å². The van der Waals surface area contributed by atoms with Gasteiger partial charge in [0, 0.05) is 12.0 Å². The Bertz CT molecular complexity index is 539. The molecule has 0 aliphatic rings. The van der Waals surface area contributed by atoms with Crippen LogP contribution in [0.2, 0.25) is 0 Å². The van der Waals surface area contributed by atoms with E-state index in [2.05, 4.69) is 10.6 Å². The lowest BCUT2D eigenvalue weighted by Gasteiger charge is -2.17. The second-order valence-electron chi connectivity index (χ2n) is 5.52. The summed E-state index contributed by atoms with van der Waals surface area (Å²) in [5, 5.41) is 14.0. The van der Waals surface area contributed by atoms with Crippen LogP contribution in [-0.4, -0.2) is 18.4 Å². The molecule has 1 rings (SSSR count). The van der Waals surface area contributed by atoms with E-state index < -0.39 is 5.41 Å². The third kappa shape index (κ3) is 5.11. The number of rotatable bonds is 4. The van der Waals surface area contributed by atoms with Crippen molar-refractivity contribution in [3.8, 4) is 6.07 Å². The van der Waals surface area contributed by atoms with Crippen LogP contribution in [0.4, 0.5) is 0 Å². The summed E-state index contributed by atoms with van der Waals surface area (Å²) in [7, 11) is 0. The molecule has 0 spiro atoms. The number of carbonyl (C=O) groups is 2. The Kier molecular flexibility index (Phi) is 5.27. The predicted molar refractivity (Wildman–Crippen MR) is 75.5 cm³/mol. The molecule has 2 amide bonds. The molecule has 106 valence electrons. The minimum Gasteiger partial charge on any atom is -0.350 e. The average molecular weight is 273 g/mol. The Morgan fingerprint density at radius 2 is 1.95 bits per heavy atom. The molecule has 0 aliphatic carbocycles. The summed E-state index contributed by atoms with van der Waals surface area (Å²) in [4.78, 5) is 23.2. The van der Waals surface area contributed by atoms with E-state index in [1.54, 1.807) is 39.0 Å². The van der Waals surface area contributed by atoms with E-state index in [9.17, 15) is 9.59 Å². The quantitative estimate of drug-likeness (QED) is 0.868. The van der Waals surface area contributed by atoms with Crippen LogP contribution in [0.5, 0.6) is 0 Å². The van der Waals surface area contributed by atoms with E-state index in [0.29, 0.717) is 12.1 Å². The van der Waals surface area contributed by atoms with Crippen LogP contribution in [0.25, 0.3) is 0 Å². The molecular formula is C15H19N3O2. The molecule has 1 aromatic rings. The zero-order valence-corrected chi connectivity index (χ0v) is 12.0. The molecule has 1 aromatic carbocycles. The molecule has 0 aromatic heterocycles. The van der Waals surface area contributed by atoms with E-state index in [0.717, 1.165) is 5.56 Å². The van der Waals surface area contributed by atoms with E-state index in [4.69, 9.17) is 5.26 Å². The van der Waals surface area contributed by atoms with Gasteiger partial charge in [-0.2, -0.15) is 5.26 Å². The lowest BCUT2D eigenvalue weighted by Crippen LogP contribution is -2.41. The van der Waals surface area contributed by atoms with Crippen molar-refractivity contribution in [3.63, 3.8) is 0 Å². The highest BCUT2D eigenvalue weighted by atomic mass is 16.2. The number of nitrogens with zero attached hydrogens (tertiary/aromatic N) is 1. The minimum absolute atomic E-state index is 0.0476. The van der Waals surface area contributed by atoms with E-state index >= 15 is 0 Å². The topological polar surface area (TPSA) is 82.0 Å². The first-order chi connectivity index (χ1) is 9.32. The summed E-state index contributed by atoms with van der Waals surface area (Å²) in [5.41, 5.74) is 0.888. The Hall–Kier alpha value is -2.35. The highest BCUT2D eigenvalue weighted by molar-refractivity contribution is 5.87. The number of hydrogen-bond acceptors (Lipinski definition) is 3. The molecule has 0 radical (unpaired) electrons. The Morgan fingerprint density at radius 1 is 1.25 bits per heavy atom. The van der Waals surface area contributed by atoms with Crippen LogP contribution in [-0.2, 0) is 16.1 Å². The Balaban J connectivity index is 2.40. The fraction of sp³-hybridized carbons (Fsp3) is 0.400. The summed E-state index contributed by atoms with van der Waals surface area (Å²) in [6.07, 6.45) is 0. The van der Waals surface area contributed by atoms with Crippen molar-refractivity contribution in [3.05, 3.63) is 35.4 Å². The number of hydrogen-bond donors (Lipinski definition) is 2. The van der Waals surface area contributed by atoms with Gasteiger partial charge in [0.05, 0.1) is 18.2 Å². The number of nitriles is 1. The lowest BCUT2D eigenvalue weighted by molar-refractivity contribution is -0.131. The van der Waals surface area contributed by atoms with Crippen molar-refractivity contribution in [2.45, 2.75) is 27.3 Å². The van der Waals surface area contributed by atoms with E-state index in [1.165, 1.54) is 0 Å². The van der Waals surface area contributed by atoms with E-state index in [-0.39, 0.29) is 18.4 Å². The normalized spacial score (nSPS) is 10.5. The summed E-state index contributed by atoms with van der Waals surface area (Å²) >= 11 is 0. The van der Waals surface area contributed by atoms with Crippen LogP contribution < -0.4 is 10.6 Å². The Labute approximate surface area is 119 Å². The maximum absolute atomic E-state index is 11.6. The van der Waals surface area contributed by atoms with Gasteiger partial charge in [0.15, 0.2) is 0 Å². The molecule has 0 fully saturated rings. The molecule has 0 aliphatic heterocycles. The third-order valence-corrected chi connectivity index (χ3v) is 2.64. The van der Waals surface area contributed by atoms with Gasteiger partial charge in [-0.25, -0.2) is 0 Å². The van der Waals surface area contributed by atoms with Crippen LogP contribution in [0.1, 0.15) is 31.9 Å². The molecule has 0 heterocycles. The molecule has 0 saturated carbocycles. The molecular weight excluding hydrogens is 254 g/mol. The predicted octanol–water partition coefficient (Wildman–Crippen LogP) is 1.34. The largest absolute Gasteiger partial charge is 0.350 e. The number of carbonyl (C=O) groups excluding carboxylic acids is 2. The number of amides is 2. The standard InChI is InChI=1S/C15H19N3O2/c1-15(2,3)14(20)18-10-13(19)17-9-12-6-4-5-11(7-12)8-16/h4-7H,9-10H2,1-3H3,(H,17,19)(H,18,20). The molecule has 2 N–H and O–H groups in total. The van der Waals surface area contributed by atoms with Gasteiger partial charge in [0.25, 0.3) is 0 Å². The van der Waals surface area contributed by atoms with Crippen LogP contribution >= 0.6 is 0 Å². The molecule has 5 heteroatoms. The first kappa shape index (κ1) is 15.7. The molecule has 5 nitrogen and oxygen atoms in total. The van der Waals surface area contributed by atoms with Gasteiger partial charge >= 0.3 is 0 Å². The van der Waals surface area contributed by atoms with Gasteiger partial charge in [0.1, 0.15) is 0 Å². The highest BCUT2D eigenvalue weighted by Gasteiger charge is 2.21. The molecule has 0 unspecified atom stereocenters. The second kappa shape index (κ2) is 6.71. The van der Waals surface area contributed by atoms with Crippen molar-refractivity contribution in [2.75, 3.05) is 6.54 Å². The molecule has 20 heavy (non-hydrogen) atoms. The second-order valence-corrected chi connectivity index (χ2v) is 5.52. The van der Waals surface area contributed by atoms with Crippen molar-refractivity contribution < 1.29 is 9.59 Å². The van der Waals surface area contributed by atoms with Gasteiger partial charge in [-0.05, 0) is 17.7 Å². The van der Waals surface area contributed by atoms with Gasteiger partial charge in [-0.3, -0.25) is 9.59 Å². The number of nitrogens with one attached hydrogen (secondary N) is 2. The maximum atomic E-state index is 11.6. The zero-order valence-electron chi connectivity index (χ0n) is 12.0. The fourth-order valence-electron chi connectivity index (χ4n) is 1.44.